The molecule has 0 aliphatic heterocycles. The van der Waals surface area contributed by atoms with Crippen LogP contribution in [-0.4, -0.2) is 21.6 Å². The van der Waals surface area contributed by atoms with Gasteiger partial charge < -0.3 is 5.32 Å². The Hall–Kier alpha value is -2.69. The van der Waals surface area contributed by atoms with Gasteiger partial charge in [-0.2, -0.15) is 5.26 Å². The highest BCUT2D eigenvalue weighted by Crippen LogP contribution is 2.27. The van der Waals surface area contributed by atoms with E-state index in [1.165, 1.54) is 11.8 Å². The molecule has 0 fully saturated rings. The van der Waals surface area contributed by atoms with Crippen molar-refractivity contribution in [2.24, 2.45) is 0 Å². The van der Waals surface area contributed by atoms with Crippen LogP contribution >= 0.6 is 23.1 Å². The third kappa shape index (κ3) is 4.41. The van der Waals surface area contributed by atoms with Gasteiger partial charge in [-0.25, -0.2) is 9.97 Å². The molecule has 0 spiro atoms. The molecule has 3 rings (SSSR count). The maximum atomic E-state index is 12.4. The van der Waals surface area contributed by atoms with Crippen molar-refractivity contribution in [3.05, 3.63) is 57.0 Å². The molecular formula is C21H20N4OS2. The number of aryl methyl sites for hydroxylation is 2. The number of pyridine rings is 1. The fraction of sp³-hybridized carbons (Fsp3) is 0.238. The van der Waals surface area contributed by atoms with E-state index >= 15 is 0 Å². The van der Waals surface area contributed by atoms with Crippen LogP contribution in [0.3, 0.4) is 0 Å². The van der Waals surface area contributed by atoms with E-state index < -0.39 is 0 Å². The molecule has 1 N–H and O–H groups in total. The molecular weight excluding hydrogens is 388 g/mol. The Kier molecular flexibility index (Phi) is 6.12. The van der Waals surface area contributed by atoms with Gasteiger partial charge in [0.1, 0.15) is 11.1 Å². The van der Waals surface area contributed by atoms with Crippen LogP contribution in [-0.2, 0) is 4.79 Å². The average molecular weight is 409 g/mol. The lowest BCUT2D eigenvalue weighted by molar-refractivity contribution is -0.113. The number of rotatable bonds is 5. The molecule has 0 bridgehead atoms. The van der Waals surface area contributed by atoms with Crippen LogP contribution in [0.25, 0.3) is 11.3 Å². The summed E-state index contributed by atoms with van der Waals surface area (Å²) in [6, 6.07) is 9.85. The lowest BCUT2D eigenvalue weighted by atomic mass is 10.1. The number of benzene rings is 1. The Morgan fingerprint density at radius 1 is 1.21 bits per heavy atom. The summed E-state index contributed by atoms with van der Waals surface area (Å²) in [6.07, 6.45) is 0. The van der Waals surface area contributed by atoms with Crippen molar-refractivity contribution in [2.75, 3.05) is 11.1 Å². The number of hydrogen-bond acceptors (Lipinski definition) is 6. The molecule has 7 heteroatoms. The Balaban J connectivity index is 1.70. The van der Waals surface area contributed by atoms with Crippen LogP contribution in [0.5, 0.6) is 0 Å². The number of carbonyl (C=O) groups excluding carboxylic acids is 1. The molecule has 142 valence electrons. The number of aromatic nitrogens is 2. The summed E-state index contributed by atoms with van der Waals surface area (Å²) in [5.41, 5.74) is 5.95. The quantitative estimate of drug-likeness (QED) is 0.598. The summed E-state index contributed by atoms with van der Waals surface area (Å²) in [5, 5.41) is 16.0. The molecule has 28 heavy (non-hydrogen) atoms. The van der Waals surface area contributed by atoms with Gasteiger partial charge in [-0.3, -0.25) is 4.79 Å². The van der Waals surface area contributed by atoms with Crippen molar-refractivity contribution < 1.29 is 4.79 Å². The van der Waals surface area contributed by atoms with Gasteiger partial charge in [-0.1, -0.05) is 23.9 Å². The first-order valence-corrected chi connectivity index (χ1v) is 10.6. The zero-order chi connectivity index (χ0) is 20.3. The molecule has 0 saturated heterocycles. The molecule has 0 atom stereocenters. The van der Waals surface area contributed by atoms with Crippen molar-refractivity contribution in [3.8, 4) is 17.3 Å². The van der Waals surface area contributed by atoms with Crippen molar-refractivity contribution in [3.63, 3.8) is 0 Å². The van der Waals surface area contributed by atoms with Gasteiger partial charge in [0, 0.05) is 22.3 Å². The fourth-order valence-electron chi connectivity index (χ4n) is 2.73. The van der Waals surface area contributed by atoms with Gasteiger partial charge in [-0.05, 0) is 51.0 Å². The molecule has 2 aromatic heterocycles. The largest absolute Gasteiger partial charge is 0.325 e. The number of anilines is 1. The number of nitriles is 1. The fourth-order valence-corrected chi connectivity index (χ4v) is 4.24. The van der Waals surface area contributed by atoms with E-state index in [1.54, 1.807) is 11.3 Å². The van der Waals surface area contributed by atoms with E-state index in [0.29, 0.717) is 10.6 Å². The SMILES string of the molecule is Cc1nc(-c2cccc(NC(=O)CSc3nc(C)c(C)c(C)c3C#N)c2)cs1. The molecule has 5 nitrogen and oxygen atoms in total. The summed E-state index contributed by atoms with van der Waals surface area (Å²) in [4.78, 5) is 21.4. The van der Waals surface area contributed by atoms with Gasteiger partial charge in [0.25, 0.3) is 0 Å². The van der Waals surface area contributed by atoms with Gasteiger partial charge >= 0.3 is 0 Å². The van der Waals surface area contributed by atoms with Gasteiger partial charge in [0.15, 0.2) is 0 Å². The number of hydrogen-bond donors (Lipinski definition) is 1. The van der Waals surface area contributed by atoms with Crippen molar-refractivity contribution >= 4 is 34.7 Å². The van der Waals surface area contributed by atoms with E-state index in [0.717, 1.165) is 38.8 Å². The predicted molar refractivity (Wildman–Crippen MR) is 115 cm³/mol. The Morgan fingerprint density at radius 2 is 2.00 bits per heavy atom. The molecule has 0 radical (unpaired) electrons. The first kappa shape index (κ1) is 20.1. The van der Waals surface area contributed by atoms with Crippen LogP contribution in [0.2, 0.25) is 0 Å². The minimum Gasteiger partial charge on any atom is -0.325 e. The maximum Gasteiger partial charge on any atom is 0.234 e. The van der Waals surface area contributed by atoms with E-state index in [9.17, 15) is 10.1 Å². The second-order valence-electron chi connectivity index (χ2n) is 6.41. The summed E-state index contributed by atoms with van der Waals surface area (Å²) in [5.74, 6) is 0.0436. The standard InChI is InChI=1S/C21H20N4OS2/c1-12-13(2)18(9-22)21(23-14(12)3)28-11-20(26)25-17-7-5-6-16(8-17)19-10-27-15(4)24-19/h5-8,10H,11H2,1-4H3,(H,25,26). The number of thioether (sulfide) groups is 1. The highest BCUT2D eigenvalue weighted by molar-refractivity contribution is 8.00. The minimum absolute atomic E-state index is 0.141. The topological polar surface area (TPSA) is 78.7 Å². The summed E-state index contributed by atoms with van der Waals surface area (Å²) < 4.78 is 0. The molecule has 2 heterocycles. The lowest BCUT2D eigenvalue weighted by Gasteiger charge is -2.11. The molecule has 0 aliphatic carbocycles. The number of amides is 1. The highest BCUT2D eigenvalue weighted by atomic mass is 32.2. The average Bonchev–Trinajstić information content (AvgIpc) is 3.11. The number of carbonyl (C=O) groups is 1. The van der Waals surface area contributed by atoms with Crippen LogP contribution in [0.1, 0.15) is 27.4 Å². The molecule has 0 saturated carbocycles. The van der Waals surface area contributed by atoms with Crippen LogP contribution < -0.4 is 5.32 Å². The van der Waals surface area contributed by atoms with E-state index in [-0.39, 0.29) is 11.7 Å². The van der Waals surface area contributed by atoms with E-state index in [1.807, 2.05) is 57.3 Å². The van der Waals surface area contributed by atoms with E-state index in [4.69, 9.17) is 0 Å². The van der Waals surface area contributed by atoms with Crippen molar-refractivity contribution in [2.45, 2.75) is 32.7 Å². The predicted octanol–water partition coefficient (Wildman–Crippen LogP) is 5.04. The molecule has 0 unspecified atom stereocenters. The highest BCUT2D eigenvalue weighted by Gasteiger charge is 2.14. The van der Waals surface area contributed by atoms with E-state index in [2.05, 4.69) is 21.4 Å². The Bertz CT molecular complexity index is 1080. The smallest absolute Gasteiger partial charge is 0.234 e. The third-order valence-corrected chi connectivity index (χ3v) is 6.23. The van der Waals surface area contributed by atoms with Crippen LogP contribution in [0.15, 0.2) is 34.7 Å². The van der Waals surface area contributed by atoms with Crippen LogP contribution in [0.4, 0.5) is 5.69 Å². The first-order chi connectivity index (χ1) is 13.4. The third-order valence-electron chi connectivity index (χ3n) is 4.48. The van der Waals surface area contributed by atoms with Crippen molar-refractivity contribution in [1.29, 1.82) is 5.26 Å². The van der Waals surface area contributed by atoms with Gasteiger partial charge in [-0.15, -0.1) is 11.3 Å². The normalized spacial score (nSPS) is 10.5. The Labute approximate surface area is 172 Å². The monoisotopic (exact) mass is 408 g/mol. The zero-order valence-electron chi connectivity index (χ0n) is 16.2. The lowest BCUT2D eigenvalue weighted by Crippen LogP contribution is -2.14. The van der Waals surface area contributed by atoms with Gasteiger partial charge in [0.2, 0.25) is 5.91 Å². The minimum atomic E-state index is -0.141. The zero-order valence-corrected chi connectivity index (χ0v) is 17.8. The number of thiazole rings is 1. The molecule has 1 aromatic carbocycles. The first-order valence-electron chi connectivity index (χ1n) is 8.72. The molecule has 3 aromatic rings. The van der Waals surface area contributed by atoms with Gasteiger partial charge in [0.05, 0.1) is 22.0 Å². The molecule has 0 aliphatic rings. The summed E-state index contributed by atoms with van der Waals surface area (Å²) in [6.45, 7) is 7.75. The number of nitrogens with zero attached hydrogens (tertiary/aromatic N) is 3. The maximum absolute atomic E-state index is 12.4. The second kappa shape index (κ2) is 8.55. The second-order valence-corrected chi connectivity index (χ2v) is 8.43. The summed E-state index contributed by atoms with van der Waals surface area (Å²) >= 11 is 2.88. The number of nitrogens with one attached hydrogen (secondary N) is 1. The van der Waals surface area contributed by atoms with Crippen molar-refractivity contribution in [1.82, 2.24) is 9.97 Å². The summed E-state index contributed by atoms with van der Waals surface area (Å²) in [7, 11) is 0. The van der Waals surface area contributed by atoms with Crippen LogP contribution in [0, 0.1) is 39.0 Å². The Morgan fingerprint density at radius 3 is 2.68 bits per heavy atom. The molecule has 1 amide bonds.